The largest absolute Gasteiger partial charge is 0.393 e. The van der Waals surface area contributed by atoms with Crippen molar-refractivity contribution in [2.45, 2.75) is 11.8 Å². The van der Waals surface area contributed by atoms with E-state index in [1.807, 2.05) is 0 Å². The zero-order valence-corrected chi connectivity index (χ0v) is 13.4. The van der Waals surface area contributed by atoms with Crippen LogP contribution in [0.2, 0.25) is 0 Å². The molecule has 9 heteroatoms. The van der Waals surface area contributed by atoms with Gasteiger partial charge in [0.1, 0.15) is 15.9 Å². The summed E-state index contributed by atoms with van der Waals surface area (Å²) < 4.78 is 34.5. The van der Waals surface area contributed by atoms with Gasteiger partial charge >= 0.3 is 0 Å². The first-order chi connectivity index (χ1) is 9.34. The summed E-state index contributed by atoms with van der Waals surface area (Å²) in [6.45, 7) is 2.02. The number of sulfonamides is 1. The van der Waals surface area contributed by atoms with Gasteiger partial charge in [0.2, 0.25) is 10.0 Å². The van der Waals surface area contributed by atoms with E-state index in [0.29, 0.717) is 16.0 Å². The van der Waals surface area contributed by atoms with Gasteiger partial charge in [0.05, 0.1) is 16.7 Å². The molecule has 1 aromatic heterocycles. The lowest BCUT2D eigenvalue weighted by Gasteiger charge is -2.20. The summed E-state index contributed by atoms with van der Waals surface area (Å²) in [6, 6.07) is 4.91. The molecule has 0 fully saturated rings. The fourth-order valence-electron chi connectivity index (χ4n) is 1.73. The second-order valence-corrected chi connectivity index (χ2v) is 7.49. The number of aromatic nitrogens is 2. The highest BCUT2D eigenvalue weighted by Crippen LogP contribution is 2.24. The normalized spacial score (nSPS) is 13.8. The fraction of sp³-hybridized carbons (Fsp3) is 0.364. The van der Waals surface area contributed by atoms with Gasteiger partial charge in [-0.2, -0.15) is 8.75 Å². The summed E-state index contributed by atoms with van der Waals surface area (Å²) in [5.74, 6) is -0.197. The van der Waals surface area contributed by atoms with E-state index in [1.54, 1.807) is 19.1 Å². The first kappa shape index (κ1) is 15.2. The van der Waals surface area contributed by atoms with Gasteiger partial charge in [-0.15, -0.1) is 0 Å². The van der Waals surface area contributed by atoms with Crippen LogP contribution in [0.3, 0.4) is 0 Å². The molecule has 0 saturated carbocycles. The highest BCUT2D eigenvalue weighted by atomic mass is 32.2. The molecule has 108 valence electrons. The van der Waals surface area contributed by atoms with Crippen molar-refractivity contribution in [1.82, 2.24) is 13.1 Å². The minimum Gasteiger partial charge on any atom is -0.393 e. The van der Waals surface area contributed by atoms with E-state index in [0.717, 1.165) is 11.7 Å². The van der Waals surface area contributed by atoms with Crippen molar-refractivity contribution < 1.29 is 8.42 Å². The quantitative estimate of drug-likeness (QED) is 0.830. The smallest absolute Gasteiger partial charge is 0.245 e. The predicted octanol–water partition coefficient (Wildman–Crippen LogP) is 1.23. The van der Waals surface area contributed by atoms with E-state index in [1.165, 1.54) is 17.4 Å². The van der Waals surface area contributed by atoms with E-state index in [4.69, 9.17) is 18.0 Å². The number of benzene rings is 1. The number of thiocarbonyl (C=S) groups is 1. The van der Waals surface area contributed by atoms with Gasteiger partial charge in [-0.25, -0.2) is 12.7 Å². The molecular formula is C11H14N4O2S3. The molecule has 0 bridgehead atoms. The molecule has 0 aliphatic carbocycles. The molecule has 0 saturated heterocycles. The average Bonchev–Trinajstić information content (AvgIpc) is 2.85. The molecule has 0 spiro atoms. The number of hydrogen-bond donors (Lipinski definition) is 1. The molecule has 1 atom stereocenters. The van der Waals surface area contributed by atoms with Crippen LogP contribution in [0.15, 0.2) is 23.1 Å². The van der Waals surface area contributed by atoms with Crippen molar-refractivity contribution in [3.8, 4) is 0 Å². The minimum absolute atomic E-state index is 0.154. The fourth-order valence-corrected chi connectivity index (χ4v) is 3.81. The topological polar surface area (TPSA) is 89.2 Å². The number of nitrogens with two attached hydrogens (primary N) is 1. The third kappa shape index (κ3) is 2.80. The molecule has 0 aliphatic heterocycles. The third-order valence-electron chi connectivity index (χ3n) is 2.95. The third-order valence-corrected chi connectivity index (χ3v) is 5.75. The Morgan fingerprint density at radius 2 is 2.20 bits per heavy atom. The Morgan fingerprint density at radius 1 is 1.50 bits per heavy atom. The highest BCUT2D eigenvalue weighted by Gasteiger charge is 2.26. The number of rotatable bonds is 5. The second kappa shape index (κ2) is 5.68. The SMILES string of the molecule is CC(CN(C)S(=O)(=O)c1cccc2nsnc12)C(N)=S. The van der Waals surface area contributed by atoms with E-state index in [9.17, 15) is 8.42 Å². The molecule has 0 amide bonds. The molecule has 1 heterocycles. The van der Waals surface area contributed by atoms with Crippen molar-refractivity contribution in [1.29, 1.82) is 0 Å². The zero-order valence-electron chi connectivity index (χ0n) is 11.0. The van der Waals surface area contributed by atoms with Crippen LogP contribution in [-0.4, -0.2) is 40.1 Å². The molecule has 1 aromatic carbocycles. The summed E-state index contributed by atoms with van der Waals surface area (Å²) in [5, 5.41) is 0. The van der Waals surface area contributed by atoms with Crippen LogP contribution in [0.5, 0.6) is 0 Å². The maximum atomic E-state index is 12.6. The van der Waals surface area contributed by atoms with Gasteiger partial charge in [0, 0.05) is 19.5 Å². The van der Waals surface area contributed by atoms with Gasteiger partial charge in [0.25, 0.3) is 0 Å². The molecular weight excluding hydrogens is 316 g/mol. The highest BCUT2D eigenvalue weighted by molar-refractivity contribution is 7.89. The van der Waals surface area contributed by atoms with Gasteiger partial charge in [-0.05, 0) is 12.1 Å². The van der Waals surface area contributed by atoms with Crippen LogP contribution >= 0.6 is 23.9 Å². The molecule has 0 aliphatic rings. The number of hydrogen-bond acceptors (Lipinski definition) is 6. The predicted molar refractivity (Wildman–Crippen MR) is 83.2 cm³/mol. The Hall–Kier alpha value is -1.16. The van der Waals surface area contributed by atoms with Gasteiger partial charge in [-0.1, -0.05) is 25.2 Å². The lowest BCUT2D eigenvalue weighted by Crippen LogP contribution is -2.35. The van der Waals surface area contributed by atoms with Crippen LogP contribution in [0.1, 0.15) is 6.92 Å². The maximum Gasteiger partial charge on any atom is 0.245 e. The second-order valence-electron chi connectivity index (χ2n) is 4.48. The average molecular weight is 330 g/mol. The Bertz CT molecular complexity index is 741. The summed E-state index contributed by atoms with van der Waals surface area (Å²) in [6.07, 6.45) is 0. The summed E-state index contributed by atoms with van der Waals surface area (Å²) >= 11 is 5.86. The first-order valence-electron chi connectivity index (χ1n) is 5.81. The van der Waals surface area contributed by atoms with E-state index in [2.05, 4.69) is 8.75 Å². The van der Waals surface area contributed by atoms with Crippen LogP contribution in [0.4, 0.5) is 0 Å². The number of nitrogens with zero attached hydrogens (tertiary/aromatic N) is 3. The summed E-state index contributed by atoms with van der Waals surface area (Å²) in [7, 11) is -2.14. The molecule has 20 heavy (non-hydrogen) atoms. The molecule has 2 aromatic rings. The van der Waals surface area contributed by atoms with Crippen molar-refractivity contribution in [2.75, 3.05) is 13.6 Å². The Morgan fingerprint density at radius 3 is 2.85 bits per heavy atom. The Labute approximate surface area is 127 Å². The van der Waals surface area contributed by atoms with Gasteiger partial charge in [0.15, 0.2) is 0 Å². The molecule has 2 rings (SSSR count). The zero-order chi connectivity index (χ0) is 14.9. The van der Waals surface area contributed by atoms with Crippen molar-refractivity contribution in [3.05, 3.63) is 18.2 Å². The van der Waals surface area contributed by atoms with Crippen LogP contribution < -0.4 is 5.73 Å². The molecule has 1 unspecified atom stereocenters. The minimum atomic E-state index is -3.64. The summed E-state index contributed by atoms with van der Waals surface area (Å²) in [4.78, 5) is 0.446. The first-order valence-corrected chi connectivity index (χ1v) is 8.39. The number of fused-ring (bicyclic) bond motifs is 1. The lowest BCUT2D eigenvalue weighted by atomic mass is 10.2. The molecule has 6 nitrogen and oxygen atoms in total. The summed E-state index contributed by atoms with van der Waals surface area (Å²) in [5.41, 5.74) is 6.50. The monoisotopic (exact) mass is 330 g/mol. The van der Waals surface area contributed by atoms with E-state index in [-0.39, 0.29) is 17.4 Å². The van der Waals surface area contributed by atoms with Crippen LogP contribution in [-0.2, 0) is 10.0 Å². The lowest BCUT2D eigenvalue weighted by molar-refractivity contribution is 0.446. The van der Waals surface area contributed by atoms with E-state index >= 15 is 0 Å². The van der Waals surface area contributed by atoms with Crippen LogP contribution in [0, 0.1) is 5.92 Å². The standard InChI is InChI=1S/C11H14N4O2S3/c1-7(11(12)18)6-15(2)20(16,17)9-5-3-4-8-10(9)14-19-13-8/h3-5,7H,6H2,1-2H3,(H2,12,18). The maximum absolute atomic E-state index is 12.6. The van der Waals surface area contributed by atoms with Crippen LogP contribution in [0.25, 0.3) is 11.0 Å². The Kier molecular flexibility index (Phi) is 4.33. The molecule has 0 radical (unpaired) electrons. The Balaban J connectivity index is 2.39. The van der Waals surface area contributed by atoms with Crippen molar-refractivity contribution >= 4 is 50.0 Å². The van der Waals surface area contributed by atoms with Gasteiger partial charge < -0.3 is 5.73 Å². The molecule has 2 N–H and O–H groups in total. The van der Waals surface area contributed by atoms with Gasteiger partial charge in [-0.3, -0.25) is 0 Å². The van der Waals surface area contributed by atoms with E-state index < -0.39 is 10.0 Å². The van der Waals surface area contributed by atoms with Crippen molar-refractivity contribution in [3.63, 3.8) is 0 Å². The van der Waals surface area contributed by atoms with Crippen molar-refractivity contribution in [2.24, 2.45) is 11.7 Å².